The smallest absolute Gasteiger partial charge is 0.203 e. The Morgan fingerprint density at radius 3 is 1.88 bits per heavy atom. The number of rotatable bonds is 4. The first kappa shape index (κ1) is 15.6. The molecule has 0 amide bonds. The standard InChI is InChI=1S/C11H16O3.C3H8/c1-5-14-10-7-8(2)6-9(12-3)11(10)13-4;1-3-2/h6-7H,5H2,1-4H3;3H2,1-2H3. The van der Waals surface area contributed by atoms with E-state index in [2.05, 4.69) is 13.8 Å². The van der Waals surface area contributed by atoms with Gasteiger partial charge in [0.1, 0.15) is 0 Å². The molecule has 1 rings (SSSR count). The van der Waals surface area contributed by atoms with E-state index in [0.29, 0.717) is 18.1 Å². The van der Waals surface area contributed by atoms with E-state index in [9.17, 15) is 0 Å². The summed E-state index contributed by atoms with van der Waals surface area (Å²) in [6.45, 7) is 8.79. The van der Waals surface area contributed by atoms with Crippen molar-refractivity contribution in [1.29, 1.82) is 0 Å². The third-order valence-electron chi connectivity index (χ3n) is 1.89. The van der Waals surface area contributed by atoms with Gasteiger partial charge in [0, 0.05) is 0 Å². The van der Waals surface area contributed by atoms with Gasteiger partial charge in [0.25, 0.3) is 0 Å². The Hall–Kier alpha value is -1.38. The Kier molecular flexibility index (Phi) is 8.03. The second-order valence-corrected chi connectivity index (χ2v) is 3.64. The minimum absolute atomic E-state index is 0.614. The SMILES string of the molecule is CCC.CCOc1cc(C)cc(OC)c1OC. The van der Waals surface area contributed by atoms with Crippen molar-refractivity contribution in [2.75, 3.05) is 20.8 Å². The van der Waals surface area contributed by atoms with Gasteiger partial charge in [-0.25, -0.2) is 0 Å². The number of ether oxygens (including phenoxy) is 3. The van der Waals surface area contributed by atoms with Crippen molar-refractivity contribution in [2.24, 2.45) is 0 Å². The van der Waals surface area contributed by atoms with Gasteiger partial charge >= 0.3 is 0 Å². The maximum Gasteiger partial charge on any atom is 0.203 e. The van der Waals surface area contributed by atoms with Crippen molar-refractivity contribution in [3.63, 3.8) is 0 Å². The lowest BCUT2D eigenvalue weighted by Crippen LogP contribution is -1.98. The molecule has 0 fully saturated rings. The average Bonchev–Trinajstić information content (AvgIpc) is 2.29. The summed E-state index contributed by atoms with van der Waals surface area (Å²) >= 11 is 0. The summed E-state index contributed by atoms with van der Waals surface area (Å²) in [7, 11) is 3.22. The van der Waals surface area contributed by atoms with Gasteiger partial charge in [-0.1, -0.05) is 20.3 Å². The third-order valence-corrected chi connectivity index (χ3v) is 1.89. The van der Waals surface area contributed by atoms with Crippen LogP contribution < -0.4 is 14.2 Å². The van der Waals surface area contributed by atoms with Gasteiger partial charge in [-0.2, -0.15) is 0 Å². The molecule has 0 saturated heterocycles. The van der Waals surface area contributed by atoms with Gasteiger partial charge < -0.3 is 14.2 Å². The highest BCUT2D eigenvalue weighted by Gasteiger charge is 2.11. The molecule has 17 heavy (non-hydrogen) atoms. The molecule has 0 aliphatic rings. The van der Waals surface area contributed by atoms with Crippen molar-refractivity contribution in [2.45, 2.75) is 34.1 Å². The molecule has 0 aliphatic heterocycles. The molecule has 3 nitrogen and oxygen atoms in total. The summed E-state index contributed by atoms with van der Waals surface area (Å²) < 4.78 is 15.9. The molecular formula is C14H24O3. The molecular weight excluding hydrogens is 216 g/mol. The highest BCUT2D eigenvalue weighted by molar-refractivity contribution is 5.53. The Balaban J connectivity index is 0.000000770. The first-order valence-electron chi connectivity index (χ1n) is 5.99. The molecule has 0 heterocycles. The topological polar surface area (TPSA) is 27.7 Å². The van der Waals surface area contributed by atoms with Gasteiger partial charge in [-0.05, 0) is 31.5 Å². The Morgan fingerprint density at radius 2 is 1.47 bits per heavy atom. The van der Waals surface area contributed by atoms with Crippen LogP contribution in [0, 0.1) is 6.92 Å². The van der Waals surface area contributed by atoms with E-state index in [1.165, 1.54) is 6.42 Å². The molecule has 98 valence electrons. The number of benzene rings is 1. The van der Waals surface area contributed by atoms with E-state index in [4.69, 9.17) is 14.2 Å². The van der Waals surface area contributed by atoms with E-state index in [0.717, 1.165) is 11.3 Å². The van der Waals surface area contributed by atoms with Crippen LogP contribution in [0.1, 0.15) is 32.8 Å². The first-order valence-corrected chi connectivity index (χ1v) is 5.99. The molecule has 1 aromatic rings. The maximum atomic E-state index is 5.45. The fourth-order valence-corrected chi connectivity index (χ4v) is 1.32. The van der Waals surface area contributed by atoms with Crippen LogP contribution in [0.2, 0.25) is 0 Å². The normalized spacial score (nSPS) is 9.06. The predicted octanol–water partition coefficient (Wildman–Crippen LogP) is 3.83. The molecule has 0 aliphatic carbocycles. The maximum absolute atomic E-state index is 5.45. The lowest BCUT2D eigenvalue weighted by molar-refractivity contribution is 0.296. The van der Waals surface area contributed by atoms with Crippen LogP contribution in [-0.4, -0.2) is 20.8 Å². The summed E-state index contributed by atoms with van der Waals surface area (Å²) in [5.41, 5.74) is 1.09. The minimum atomic E-state index is 0.614. The van der Waals surface area contributed by atoms with Crippen LogP contribution in [0.3, 0.4) is 0 Å². The molecule has 0 aromatic heterocycles. The summed E-state index contributed by atoms with van der Waals surface area (Å²) in [5, 5.41) is 0. The van der Waals surface area contributed by atoms with Crippen molar-refractivity contribution < 1.29 is 14.2 Å². The molecule has 0 N–H and O–H groups in total. The van der Waals surface area contributed by atoms with E-state index in [1.807, 2.05) is 26.0 Å². The first-order chi connectivity index (χ1) is 8.14. The molecule has 1 aromatic carbocycles. The lowest BCUT2D eigenvalue weighted by atomic mass is 10.2. The van der Waals surface area contributed by atoms with E-state index in [-0.39, 0.29) is 0 Å². The molecule has 0 atom stereocenters. The summed E-state index contributed by atoms with van der Waals surface area (Å²) in [6, 6.07) is 3.85. The van der Waals surface area contributed by atoms with Gasteiger partial charge in [0.15, 0.2) is 11.5 Å². The number of hydrogen-bond acceptors (Lipinski definition) is 3. The van der Waals surface area contributed by atoms with Gasteiger partial charge in [-0.15, -0.1) is 0 Å². The number of aryl methyl sites for hydroxylation is 1. The highest BCUT2D eigenvalue weighted by atomic mass is 16.5. The summed E-state index contributed by atoms with van der Waals surface area (Å²) in [4.78, 5) is 0. The van der Waals surface area contributed by atoms with Crippen molar-refractivity contribution in [3.05, 3.63) is 17.7 Å². The van der Waals surface area contributed by atoms with Crippen LogP contribution in [0.25, 0.3) is 0 Å². The molecule has 0 saturated carbocycles. The van der Waals surface area contributed by atoms with E-state index in [1.54, 1.807) is 14.2 Å². The van der Waals surface area contributed by atoms with Crippen LogP contribution >= 0.6 is 0 Å². The van der Waals surface area contributed by atoms with Crippen molar-refractivity contribution in [1.82, 2.24) is 0 Å². The Labute approximate surface area is 105 Å². The van der Waals surface area contributed by atoms with Crippen molar-refractivity contribution in [3.8, 4) is 17.2 Å². The quantitative estimate of drug-likeness (QED) is 0.800. The molecule has 0 spiro atoms. The van der Waals surface area contributed by atoms with Crippen LogP contribution in [-0.2, 0) is 0 Å². The Bertz CT molecular complexity index is 321. The second-order valence-electron chi connectivity index (χ2n) is 3.64. The Morgan fingerprint density at radius 1 is 0.941 bits per heavy atom. The second kappa shape index (κ2) is 8.74. The number of hydrogen-bond donors (Lipinski definition) is 0. The molecule has 3 heteroatoms. The zero-order chi connectivity index (χ0) is 13.3. The largest absolute Gasteiger partial charge is 0.493 e. The molecule has 0 bridgehead atoms. The monoisotopic (exact) mass is 240 g/mol. The molecule has 0 radical (unpaired) electrons. The lowest BCUT2D eigenvalue weighted by Gasteiger charge is -2.13. The van der Waals surface area contributed by atoms with Gasteiger partial charge in [-0.3, -0.25) is 0 Å². The molecule has 0 unspecified atom stereocenters. The fraction of sp³-hybridized carbons (Fsp3) is 0.571. The predicted molar refractivity (Wildman–Crippen MR) is 71.4 cm³/mol. The highest BCUT2D eigenvalue weighted by Crippen LogP contribution is 2.38. The minimum Gasteiger partial charge on any atom is -0.493 e. The van der Waals surface area contributed by atoms with E-state index < -0.39 is 0 Å². The third kappa shape index (κ3) is 4.98. The van der Waals surface area contributed by atoms with Crippen molar-refractivity contribution >= 4 is 0 Å². The van der Waals surface area contributed by atoms with Crippen LogP contribution in [0.15, 0.2) is 12.1 Å². The van der Waals surface area contributed by atoms with Gasteiger partial charge in [0.05, 0.1) is 20.8 Å². The zero-order valence-electron chi connectivity index (χ0n) is 11.8. The zero-order valence-corrected chi connectivity index (χ0v) is 11.8. The summed E-state index contributed by atoms with van der Waals surface area (Å²) in [6.07, 6.45) is 1.25. The van der Waals surface area contributed by atoms with Gasteiger partial charge in [0.2, 0.25) is 5.75 Å². The summed E-state index contributed by atoms with van der Waals surface area (Å²) in [5.74, 6) is 2.09. The van der Waals surface area contributed by atoms with Crippen LogP contribution in [0.5, 0.6) is 17.2 Å². The number of methoxy groups -OCH3 is 2. The average molecular weight is 240 g/mol. The fourth-order valence-electron chi connectivity index (χ4n) is 1.32. The van der Waals surface area contributed by atoms with E-state index >= 15 is 0 Å². The van der Waals surface area contributed by atoms with Crippen LogP contribution in [0.4, 0.5) is 0 Å².